The van der Waals surface area contributed by atoms with Crippen LogP contribution < -0.4 is 5.11 Å². The van der Waals surface area contributed by atoms with Crippen molar-refractivity contribution < 1.29 is 50.5 Å². The Hall–Kier alpha value is -0.840. The molecule has 0 aromatic heterocycles. The summed E-state index contributed by atoms with van der Waals surface area (Å²) in [5.41, 5.74) is -5.85. The van der Waals surface area contributed by atoms with Gasteiger partial charge in [-0.1, -0.05) is 0 Å². The van der Waals surface area contributed by atoms with E-state index in [0.29, 0.717) is 3.57 Å². The Morgan fingerprint density at radius 2 is 1.42 bits per heavy atom. The van der Waals surface area contributed by atoms with Gasteiger partial charge in [0.2, 0.25) is 0 Å². The Kier molecular flexibility index (Phi) is 7.54. The minimum Gasteiger partial charge on any atom is -0.828 e. The number of carbonyl (C=O) groups excluding carboxylic acids is 2. The van der Waals surface area contributed by atoms with Crippen LogP contribution in [0.15, 0.2) is 18.2 Å². The molecule has 0 saturated carbocycles. The van der Waals surface area contributed by atoms with Gasteiger partial charge >= 0.3 is 24.3 Å². The quantitative estimate of drug-likeness (QED) is 0.222. The number of hydrogen-bond donors (Lipinski definition) is 0. The molecule has 0 aliphatic carbocycles. The van der Waals surface area contributed by atoms with Gasteiger partial charge in [-0.25, -0.2) is 4.79 Å². The van der Waals surface area contributed by atoms with Gasteiger partial charge in [0.1, 0.15) is 13.2 Å². The maximum atomic E-state index is 12.4. The third-order valence-electron chi connectivity index (χ3n) is 2.79. The zero-order chi connectivity index (χ0) is 20.3. The summed E-state index contributed by atoms with van der Waals surface area (Å²) in [5, 5.41) is 11.0. The fourth-order valence-electron chi connectivity index (χ4n) is 1.47. The lowest BCUT2D eigenvalue weighted by Crippen LogP contribution is -2.71. The Labute approximate surface area is 169 Å². The molecule has 1 aromatic carbocycles. The molecule has 0 bridgehead atoms. The number of benzene rings is 1. The fraction of sp³-hybridized carbons (Fsp3) is 0.385. The van der Waals surface area contributed by atoms with Crippen molar-refractivity contribution in [3.05, 3.63) is 30.9 Å². The molecule has 0 N–H and O–H groups in total. The highest BCUT2D eigenvalue weighted by atomic mass is 127. The van der Waals surface area contributed by atoms with E-state index < -0.39 is 43.1 Å². The standard InChI is InChI=1S/C13H7F6I2O5/c14-12(15,16)11(24,13(17,18)19)10(23)26-4-3-25-9(22)6-1-2-7(20)8(21)5-6/h1-2,5H,3-4H2/q-1. The highest BCUT2D eigenvalue weighted by molar-refractivity contribution is 14.1. The van der Waals surface area contributed by atoms with E-state index in [-0.39, 0.29) is 5.56 Å². The SMILES string of the molecule is O=C(OCCOC(=O)C([O-])(C(F)(F)F)C(F)(F)F)c1ccc(I)c(I)c1. The molecular weight excluding hydrogens is 604 g/mol. The van der Waals surface area contributed by atoms with Crippen molar-refractivity contribution in [2.24, 2.45) is 0 Å². The average molecular weight is 611 g/mol. The lowest BCUT2D eigenvalue weighted by atomic mass is 10.0. The van der Waals surface area contributed by atoms with Gasteiger partial charge in [-0.15, -0.1) is 0 Å². The Morgan fingerprint density at radius 1 is 0.923 bits per heavy atom. The molecule has 1 aromatic rings. The van der Waals surface area contributed by atoms with E-state index in [1.165, 1.54) is 12.1 Å². The maximum absolute atomic E-state index is 12.4. The molecule has 13 heteroatoms. The molecular formula is C13H7F6I2O5-. The Balaban J connectivity index is 2.65. The first-order chi connectivity index (χ1) is 11.7. The highest BCUT2D eigenvalue weighted by Gasteiger charge is 2.68. The van der Waals surface area contributed by atoms with Gasteiger partial charge < -0.3 is 14.6 Å². The van der Waals surface area contributed by atoms with Crippen molar-refractivity contribution in [1.29, 1.82) is 0 Å². The normalized spacial score (nSPS) is 12.7. The van der Waals surface area contributed by atoms with E-state index in [9.17, 15) is 41.0 Å². The smallest absolute Gasteiger partial charge is 0.399 e. The van der Waals surface area contributed by atoms with Crippen molar-refractivity contribution in [2.45, 2.75) is 18.0 Å². The van der Waals surface area contributed by atoms with Gasteiger partial charge in [0.05, 0.1) is 5.56 Å². The van der Waals surface area contributed by atoms with Gasteiger partial charge in [0.25, 0.3) is 0 Å². The fourth-order valence-corrected chi connectivity index (χ4v) is 2.32. The number of esters is 2. The lowest BCUT2D eigenvalue weighted by Gasteiger charge is -2.40. The lowest BCUT2D eigenvalue weighted by molar-refractivity contribution is -0.574. The van der Waals surface area contributed by atoms with Crippen LogP contribution in [-0.4, -0.2) is 43.1 Å². The second-order valence-electron chi connectivity index (χ2n) is 4.58. The topological polar surface area (TPSA) is 75.7 Å². The van der Waals surface area contributed by atoms with Crippen molar-refractivity contribution in [3.8, 4) is 0 Å². The minimum absolute atomic E-state index is 0.0740. The first-order valence-corrected chi connectivity index (χ1v) is 8.51. The first kappa shape index (κ1) is 23.2. The van der Waals surface area contributed by atoms with Gasteiger partial charge in [0, 0.05) is 7.14 Å². The Morgan fingerprint density at radius 3 is 1.88 bits per heavy atom. The van der Waals surface area contributed by atoms with E-state index >= 15 is 0 Å². The zero-order valence-corrected chi connectivity index (χ0v) is 16.5. The van der Waals surface area contributed by atoms with E-state index in [1.54, 1.807) is 6.07 Å². The predicted octanol–water partition coefficient (Wildman–Crippen LogP) is 2.82. The maximum Gasteiger partial charge on any atom is 0.399 e. The highest BCUT2D eigenvalue weighted by Crippen LogP contribution is 2.41. The molecule has 0 heterocycles. The second-order valence-corrected chi connectivity index (χ2v) is 6.90. The number of alkyl halides is 6. The van der Waals surface area contributed by atoms with Crippen molar-refractivity contribution in [1.82, 2.24) is 0 Å². The molecule has 0 aliphatic rings. The summed E-state index contributed by atoms with van der Waals surface area (Å²) in [7, 11) is 0. The molecule has 0 atom stereocenters. The number of ether oxygens (including phenoxy) is 2. The predicted molar refractivity (Wildman–Crippen MR) is 88.0 cm³/mol. The van der Waals surface area contributed by atoms with Crippen LogP contribution in [0.5, 0.6) is 0 Å². The summed E-state index contributed by atoms with van der Waals surface area (Å²) < 4.78 is 84.0. The van der Waals surface area contributed by atoms with Crippen LogP contribution in [-0.2, 0) is 14.3 Å². The molecule has 5 nitrogen and oxygen atoms in total. The van der Waals surface area contributed by atoms with Gasteiger partial charge in [0.15, 0.2) is 5.60 Å². The second kappa shape index (κ2) is 8.45. The number of rotatable bonds is 5. The molecule has 146 valence electrons. The van der Waals surface area contributed by atoms with E-state index in [4.69, 9.17) is 0 Å². The van der Waals surface area contributed by atoms with Crippen molar-refractivity contribution in [2.75, 3.05) is 13.2 Å². The van der Waals surface area contributed by atoms with Crippen LogP contribution in [0.3, 0.4) is 0 Å². The zero-order valence-electron chi connectivity index (χ0n) is 12.2. The van der Waals surface area contributed by atoms with Crippen LogP contribution >= 0.6 is 45.2 Å². The molecule has 0 unspecified atom stereocenters. The van der Waals surface area contributed by atoms with Gasteiger partial charge in [-0.05, 0) is 63.4 Å². The number of hydrogen-bond acceptors (Lipinski definition) is 5. The largest absolute Gasteiger partial charge is 0.828 e. The molecule has 0 spiro atoms. The first-order valence-electron chi connectivity index (χ1n) is 6.35. The van der Waals surface area contributed by atoms with Crippen molar-refractivity contribution >= 4 is 57.1 Å². The summed E-state index contributed by atoms with van der Waals surface area (Å²) >= 11 is 3.92. The van der Waals surface area contributed by atoms with E-state index in [2.05, 4.69) is 9.47 Å². The molecule has 1 rings (SSSR count). The monoisotopic (exact) mass is 611 g/mol. The minimum atomic E-state index is -6.45. The number of halogens is 8. The Bertz CT molecular complexity index is 675. The van der Waals surface area contributed by atoms with Crippen LogP contribution in [0.25, 0.3) is 0 Å². The molecule has 0 radical (unpaired) electrons. The molecule has 26 heavy (non-hydrogen) atoms. The third kappa shape index (κ3) is 5.11. The van der Waals surface area contributed by atoms with E-state index in [0.717, 1.165) is 3.57 Å². The van der Waals surface area contributed by atoms with Crippen LogP contribution in [0.4, 0.5) is 26.3 Å². The van der Waals surface area contributed by atoms with E-state index in [1.807, 2.05) is 45.2 Å². The van der Waals surface area contributed by atoms with Crippen molar-refractivity contribution in [3.63, 3.8) is 0 Å². The van der Waals surface area contributed by atoms with Gasteiger partial charge in [-0.2, -0.15) is 26.3 Å². The summed E-state index contributed by atoms with van der Waals surface area (Å²) in [5.74, 6) is -4.01. The average Bonchev–Trinajstić information content (AvgIpc) is 2.50. The van der Waals surface area contributed by atoms with Gasteiger partial charge in [-0.3, -0.25) is 4.79 Å². The van der Waals surface area contributed by atoms with Crippen LogP contribution in [0.2, 0.25) is 0 Å². The summed E-state index contributed by atoms with van der Waals surface area (Å²) in [6, 6.07) is 4.40. The third-order valence-corrected chi connectivity index (χ3v) is 5.66. The summed E-state index contributed by atoms with van der Waals surface area (Å²) in [6.07, 6.45) is -12.9. The number of carbonyl (C=O) groups is 2. The molecule has 0 fully saturated rings. The molecule has 0 amide bonds. The van der Waals surface area contributed by atoms with Crippen LogP contribution in [0, 0.1) is 7.14 Å². The molecule has 0 saturated heterocycles. The summed E-state index contributed by atoms with van der Waals surface area (Å²) in [6.45, 7) is -1.99. The molecule has 0 aliphatic heterocycles. The van der Waals surface area contributed by atoms with Crippen LogP contribution in [0.1, 0.15) is 10.4 Å². The summed E-state index contributed by atoms with van der Waals surface area (Å²) in [4.78, 5) is 22.7.